The van der Waals surface area contributed by atoms with Crippen LogP contribution in [0.4, 0.5) is 10.1 Å². The van der Waals surface area contributed by atoms with Crippen LogP contribution in [0.3, 0.4) is 0 Å². The van der Waals surface area contributed by atoms with E-state index in [1.807, 2.05) is 6.92 Å². The fraction of sp³-hybridized carbons (Fsp3) is 0.355. The molecule has 0 fully saturated rings. The first-order valence-electron chi connectivity index (χ1n) is 13.7. The van der Waals surface area contributed by atoms with Crippen LogP contribution in [0.2, 0.25) is 0 Å². The zero-order chi connectivity index (χ0) is 31.7. The molecule has 2 amide bonds. The van der Waals surface area contributed by atoms with Crippen LogP contribution in [0.15, 0.2) is 71.6 Å². The number of halogens is 1. The zero-order valence-electron chi connectivity index (χ0n) is 25.2. The lowest BCUT2D eigenvalue weighted by Crippen LogP contribution is -2.52. The van der Waals surface area contributed by atoms with Crippen LogP contribution in [0.5, 0.6) is 17.2 Å². The van der Waals surface area contributed by atoms with E-state index in [0.717, 1.165) is 4.31 Å². The van der Waals surface area contributed by atoms with Crippen LogP contribution in [0.25, 0.3) is 0 Å². The molecular formula is C31H38FN3O7S. The van der Waals surface area contributed by atoms with Crippen molar-refractivity contribution in [2.45, 2.75) is 51.2 Å². The van der Waals surface area contributed by atoms with Crippen molar-refractivity contribution in [1.82, 2.24) is 10.2 Å². The number of nitrogens with one attached hydrogen (secondary N) is 1. The van der Waals surface area contributed by atoms with Crippen LogP contribution in [0.1, 0.15) is 33.3 Å². The first-order chi connectivity index (χ1) is 20.4. The third kappa shape index (κ3) is 8.38. The maximum atomic E-state index is 14.1. The first kappa shape index (κ1) is 33.2. The number of amides is 2. The van der Waals surface area contributed by atoms with E-state index in [1.165, 1.54) is 73.7 Å². The number of methoxy groups -OCH3 is 2. The molecule has 0 radical (unpaired) electrons. The summed E-state index contributed by atoms with van der Waals surface area (Å²) < 4.78 is 58.9. The van der Waals surface area contributed by atoms with E-state index in [0.29, 0.717) is 23.7 Å². The standard InChI is InChI=1S/C31H38FN3O7S/c1-7-42-26-14-12-25(13-15-26)35(43(38,39)27-16-17-28(40-5)29(18-27)41-6)20-30(36)34(22(4)31(37)33-21(2)3)19-23-8-10-24(32)11-9-23/h8-18,21-22H,7,19-20H2,1-6H3,(H,33,37)/t22-/m1/s1. The van der Waals surface area contributed by atoms with Gasteiger partial charge < -0.3 is 24.4 Å². The van der Waals surface area contributed by atoms with Gasteiger partial charge in [0.15, 0.2) is 11.5 Å². The number of nitrogens with zero attached hydrogens (tertiary/aromatic N) is 2. The molecule has 0 bridgehead atoms. The smallest absolute Gasteiger partial charge is 0.264 e. The molecule has 0 heterocycles. The monoisotopic (exact) mass is 615 g/mol. The summed E-state index contributed by atoms with van der Waals surface area (Å²) in [6, 6.07) is 14.8. The van der Waals surface area contributed by atoms with Gasteiger partial charge in [0.05, 0.1) is 31.4 Å². The Morgan fingerprint density at radius 3 is 2.09 bits per heavy atom. The summed E-state index contributed by atoms with van der Waals surface area (Å²) in [7, 11) is -1.53. The van der Waals surface area contributed by atoms with Crippen LogP contribution < -0.4 is 23.8 Å². The van der Waals surface area contributed by atoms with Gasteiger partial charge >= 0.3 is 0 Å². The van der Waals surface area contributed by atoms with Crippen molar-refractivity contribution in [1.29, 1.82) is 0 Å². The Labute approximate surface area is 252 Å². The van der Waals surface area contributed by atoms with E-state index in [9.17, 15) is 22.4 Å². The van der Waals surface area contributed by atoms with E-state index in [4.69, 9.17) is 14.2 Å². The van der Waals surface area contributed by atoms with Crippen molar-refractivity contribution >= 4 is 27.5 Å². The number of hydrogen-bond acceptors (Lipinski definition) is 7. The molecule has 12 heteroatoms. The summed E-state index contributed by atoms with van der Waals surface area (Å²) in [4.78, 5) is 28.1. The highest BCUT2D eigenvalue weighted by Crippen LogP contribution is 2.33. The molecule has 0 aliphatic rings. The normalized spacial score (nSPS) is 11.9. The Kier molecular flexibility index (Phi) is 11.4. The molecule has 1 N–H and O–H groups in total. The van der Waals surface area contributed by atoms with Gasteiger partial charge in [-0.1, -0.05) is 12.1 Å². The summed E-state index contributed by atoms with van der Waals surface area (Å²) in [6.45, 7) is 6.70. The van der Waals surface area contributed by atoms with Gasteiger partial charge in [-0.05, 0) is 81.8 Å². The fourth-order valence-electron chi connectivity index (χ4n) is 4.28. The van der Waals surface area contributed by atoms with E-state index in [-0.39, 0.29) is 28.9 Å². The van der Waals surface area contributed by atoms with Crippen molar-refractivity contribution in [3.05, 3.63) is 78.1 Å². The average molecular weight is 616 g/mol. The molecule has 0 aliphatic heterocycles. The number of ether oxygens (including phenoxy) is 3. The largest absolute Gasteiger partial charge is 0.494 e. The molecule has 0 saturated carbocycles. The van der Waals surface area contributed by atoms with Gasteiger partial charge in [-0.25, -0.2) is 12.8 Å². The van der Waals surface area contributed by atoms with Gasteiger partial charge in [0.25, 0.3) is 10.0 Å². The molecule has 1 atom stereocenters. The van der Waals surface area contributed by atoms with Gasteiger partial charge in [-0.2, -0.15) is 0 Å². The first-order valence-corrected chi connectivity index (χ1v) is 15.2. The van der Waals surface area contributed by atoms with E-state index in [1.54, 1.807) is 32.9 Å². The summed E-state index contributed by atoms with van der Waals surface area (Å²) in [6.07, 6.45) is 0. The van der Waals surface area contributed by atoms with Gasteiger partial charge in [-0.15, -0.1) is 0 Å². The maximum absolute atomic E-state index is 14.1. The number of hydrogen-bond donors (Lipinski definition) is 1. The SMILES string of the molecule is CCOc1ccc(N(CC(=O)N(Cc2ccc(F)cc2)[C@H](C)C(=O)NC(C)C)S(=O)(=O)c2ccc(OC)c(OC)c2)cc1. The molecule has 3 aromatic carbocycles. The molecule has 232 valence electrons. The van der Waals surface area contributed by atoms with E-state index >= 15 is 0 Å². The minimum atomic E-state index is -4.35. The van der Waals surface area contributed by atoms with Crippen molar-refractivity contribution in [3.8, 4) is 17.2 Å². The lowest BCUT2D eigenvalue weighted by molar-refractivity contribution is -0.139. The molecule has 0 spiro atoms. The Bertz CT molecular complexity index is 1500. The van der Waals surface area contributed by atoms with Gasteiger partial charge in [0, 0.05) is 18.7 Å². The highest BCUT2D eigenvalue weighted by atomic mass is 32.2. The van der Waals surface area contributed by atoms with Gasteiger partial charge in [0.2, 0.25) is 11.8 Å². The van der Waals surface area contributed by atoms with Crippen molar-refractivity contribution < 1.29 is 36.6 Å². The minimum absolute atomic E-state index is 0.0562. The van der Waals surface area contributed by atoms with Gasteiger partial charge in [0.1, 0.15) is 24.2 Å². The Morgan fingerprint density at radius 2 is 1.53 bits per heavy atom. The molecule has 0 aromatic heterocycles. The topological polar surface area (TPSA) is 114 Å². The Balaban J connectivity index is 2.08. The Hall–Kier alpha value is -4.32. The van der Waals surface area contributed by atoms with Crippen molar-refractivity contribution in [3.63, 3.8) is 0 Å². The lowest BCUT2D eigenvalue weighted by atomic mass is 10.1. The molecule has 0 saturated heterocycles. The molecule has 10 nitrogen and oxygen atoms in total. The molecular weight excluding hydrogens is 577 g/mol. The highest BCUT2D eigenvalue weighted by molar-refractivity contribution is 7.92. The van der Waals surface area contributed by atoms with Crippen LogP contribution in [-0.2, 0) is 26.2 Å². The number of carbonyl (C=O) groups is 2. The van der Waals surface area contributed by atoms with Gasteiger partial charge in [-0.3, -0.25) is 13.9 Å². The third-order valence-corrected chi connectivity index (χ3v) is 8.29. The second-order valence-electron chi connectivity index (χ2n) is 9.94. The summed E-state index contributed by atoms with van der Waals surface area (Å²) in [5.74, 6) is -0.457. The second kappa shape index (κ2) is 14.7. The quantitative estimate of drug-likeness (QED) is 0.286. The van der Waals surface area contributed by atoms with Crippen molar-refractivity contribution in [2.24, 2.45) is 0 Å². The average Bonchev–Trinajstić information content (AvgIpc) is 2.98. The summed E-state index contributed by atoms with van der Waals surface area (Å²) in [5.41, 5.74) is 0.766. The fourth-order valence-corrected chi connectivity index (χ4v) is 5.71. The minimum Gasteiger partial charge on any atom is -0.494 e. The molecule has 43 heavy (non-hydrogen) atoms. The molecule has 0 unspecified atom stereocenters. The number of carbonyl (C=O) groups excluding carboxylic acids is 2. The summed E-state index contributed by atoms with van der Waals surface area (Å²) in [5, 5.41) is 2.79. The van der Waals surface area contributed by atoms with Crippen LogP contribution >= 0.6 is 0 Å². The van der Waals surface area contributed by atoms with Crippen molar-refractivity contribution in [2.75, 3.05) is 31.7 Å². The van der Waals surface area contributed by atoms with Crippen LogP contribution in [0, 0.1) is 5.82 Å². The third-order valence-electron chi connectivity index (χ3n) is 6.52. The van der Waals surface area contributed by atoms with E-state index in [2.05, 4.69) is 5.32 Å². The molecule has 3 aromatic rings. The number of benzene rings is 3. The van der Waals surface area contributed by atoms with Crippen LogP contribution in [-0.4, -0.2) is 64.6 Å². The number of sulfonamides is 1. The maximum Gasteiger partial charge on any atom is 0.264 e. The predicted octanol–water partition coefficient (Wildman–Crippen LogP) is 4.38. The molecule has 3 rings (SSSR count). The lowest BCUT2D eigenvalue weighted by Gasteiger charge is -2.32. The zero-order valence-corrected chi connectivity index (χ0v) is 26.0. The number of rotatable bonds is 14. The Morgan fingerprint density at radius 1 is 0.907 bits per heavy atom. The van der Waals surface area contributed by atoms with E-state index < -0.39 is 40.2 Å². The highest BCUT2D eigenvalue weighted by Gasteiger charge is 2.33. The second-order valence-corrected chi connectivity index (χ2v) is 11.8. The summed E-state index contributed by atoms with van der Waals surface area (Å²) >= 11 is 0. The number of anilines is 1. The predicted molar refractivity (Wildman–Crippen MR) is 161 cm³/mol. The molecule has 0 aliphatic carbocycles.